The summed E-state index contributed by atoms with van der Waals surface area (Å²) >= 11 is 0. The Balaban J connectivity index is 1.90. The Labute approximate surface area is 174 Å². The molecule has 1 N–H and O–H groups in total. The molecule has 4 aliphatic rings. The maximum Gasteiger partial charge on any atom is 0.303 e. The maximum absolute atomic E-state index is 12.0. The zero-order valence-electron chi connectivity index (χ0n) is 17.8. The van der Waals surface area contributed by atoms with Gasteiger partial charge in [0.1, 0.15) is 18.3 Å². The Morgan fingerprint density at radius 2 is 1.80 bits per heavy atom. The van der Waals surface area contributed by atoms with Gasteiger partial charge in [-0.25, -0.2) is 0 Å². The number of rotatable bonds is 4. The number of fused-ring (bicyclic) bond motifs is 2. The van der Waals surface area contributed by atoms with Crippen molar-refractivity contribution in [2.75, 3.05) is 13.2 Å². The van der Waals surface area contributed by atoms with Crippen LogP contribution >= 0.6 is 0 Å². The van der Waals surface area contributed by atoms with Crippen LogP contribution in [-0.2, 0) is 38.1 Å². The lowest BCUT2D eigenvalue weighted by molar-refractivity contribution is -0.240. The van der Waals surface area contributed by atoms with Crippen molar-refractivity contribution in [3.63, 3.8) is 0 Å². The minimum Gasteiger partial charge on any atom is -0.465 e. The standard InChI is InChI=1S/C21H28O9/c1-10-6-15-20(7-14(10)25,8-26-11(2)22)19(5)17(29-13(4)24)16(28-12(3)23)18(30-15)21(19)9-27-21/h6,14-18,25H,7-9H2,1-5H3/t14-,15+,16+,17-,18+,19+,20+,21-/m1/s1. The van der Waals surface area contributed by atoms with Gasteiger partial charge in [0, 0.05) is 26.2 Å². The topological polar surface area (TPSA) is 121 Å². The van der Waals surface area contributed by atoms with Gasteiger partial charge in [0.15, 0.2) is 12.2 Å². The van der Waals surface area contributed by atoms with Crippen LogP contribution in [0.4, 0.5) is 0 Å². The molecule has 2 heterocycles. The Morgan fingerprint density at radius 3 is 2.33 bits per heavy atom. The van der Waals surface area contributed by atoms with Crippen LogP contribution in [0.2, 0.25) is 0 Å². The average Bonchev–Trinajstić information content (AvgIpc) is 3.41. The van der Waals surface area contributed by atoms with Crippen LogP contribution < -0.4 is 0 Å². The summed E-state index contributed by atoms with van der Waals surface area (Å²) in [5, 5.41) is 10.8. The van der Waals surface area contributed by atoms with Crippen LogP contribution in [0, 0.1) is 10.8 Å². The van der Waals surface area contributed by atoms with Gasteiger partial charge in [0.2, 0.25) is 0 Å². The maximum atomic E-state index is 12.0. The molecule has 9 nitrogen and oxygen atoms in total. The predicted octanol–water partition coefficient (Wildman–Crippen LogP) is 0.666. The van der Waals surface area contributed by atoms with Crippen molar-refractivity contribution in [1.82, 2.24) is 0 Å². The molecule has 1 spiro atoms. The summed E-state index contributed by atoms with van der Waals surface area (Å²) in [6, 6.07) is 0. The highest BCUT2D eigenvalue weighted by Gasteiger charge is 2.87. The fraction of sp³-hybridized carbons (Fsp3) is 0.762. The largest absolute Gasteiger partial charge is 0.465 e. The Kier molecular flexibility index (Phi) is 4.80. The highest BCUT2D eigenvalue weighted by molar-refractivity contribution is 5.68. The van der Waals surface area contributed by atoms with Crippen molar-refractivity contribution < 1.29 is 43.2 Å². The van der Waals surface area contributed by atoms with Gasteiger partial charge in [-0.3, -0.25) is 14.4 Å². The summed E-state index contributed by atoms with van der Waals surface area (Å²) in [4.78, 5) is 35.7. The van der Waals surface area contributed by atoms with Gasteiger partial charge in [-0.2, -0.15) is 0 Å². The Hall–Kier alpha value is -1.97. The van der Waals surface area contributed by atoms with E-state index in [4.69, 9.17) is 23.7 Å². The first-order valence-corrected chi connectivity index (χ1v) is 10.1. The second kappa shape index (κ2) is 6.77. The smallest absolute Gasteiger partial charge is 0.303 e. The van der Waals surface area contributed by atoms with Crippen molar-refractivity contribution in [2.24, 2.45) is 10.8 Å². The zero-order chi connectivity index (χ0) is 22.1. The van der Waals surface area contributed by atoms with Gasteiger partial charge in [-0.1, -0.05) is 13.0 Å². The molecule has 0 radical (unpaired) electrons. The summed E-state index contributed by atoms with van der Waals surface area (Å²) < 4.78 is 29.2. The molecule has 0 unspecified atom stereocenters. The van der Waals surface area contributed by atoms with Crippen LogP contribution in [-0.4, -0.2) is 72.3 Å². The second-order valence-electron chi connectivity index (χ2n) is 9.03. The Bertz CT molecular complexity index is 815. The molecular weight excluding hydrogens is 396 g/mol. The Morgan fingerprint density at radius 1 is 1.17 bits per heavy atom. The third-order valence-electron chi connectivity index (χ3n) is 7.46. The summed E-state index contributed by atoms with van der Waals surface area (Å²) in [6.45, 7) is 7.83. The monoisotopic (exact) mass is 424 g/mol. The van der Waals surface area contributed by atoms with E-state index in [1.807, 2.05) is 13.0 Å². The molecule has 166 valence electrons. The number of carbonyl (C=O) groups is 3. The van der Waals surface area contributed by atoms with Crippen molar-refractivity contribution in [2.45, 2.75) is 77.2 Å². The van der Waals surface area contributed by atoms with Crippen molar-refractivity contribution in [3.8, 4) is 0 Å². The van der Waals surface area contributed by atoms with E-state index < -0.39 is 64.9 Å². The molecule has 8 atom stereocenters. The molecule has 2 saturated heterocycles. The summed E-state index contributed by atoms with van der Waals surface area (Å²) in [5.74, 6) is -1.54. The SMILES string of the molecule is CC(=O)OC[C@@]12C[C@@H](O)C(C)=C[C@@H]1O[C@H]1[C@@H](OC(C)=O)[C@@H](OC(C)=O)[C@]2(C)[C@@]12CO2. The van der Waals surface area contributed by atoms with E-state index in [-0.39, 0.29) is 13.0 Å². The van der Waals surface area contributed by atoms with Gasteiger partial charge in [-0.05, 0) is 18.9 Å². The van der Waals surface area contributed by atoms with Crippen LogP contribution in [0.25, 0.3) is 0 Å². The first kappa shape index (κ1) is 21.3. The lowest BCUT2D eigenvalue weighted by atomic mass is 9.51. The molecule has 0 aromatic carbocycles. The molecule has 1 saturated carbocycles. The number of ether oxygens (including phenoxy) is 5. The third-order valence-corrected chi connectivity index (χ3v) is 7.46. The highest BCUT2D eigenvalue weighted by Crippen LogP contribution is 2.72. The minimum atomic E-state index is -0.959. The van der Waals surface area contributed by atoms with Crippen LogP contribution in [0.1, 0.15) is 41.0 Å². The molecule has 0 aromatic heterocycles. The van der Waals surface area contributed by atoms with E-state index in [1.54, 1.807) is 6.92 Å². The predicted molar refractivity (Wildman–Crippen MR) is 100 cm³/mol. The van der Waals surface area contributed by atoms with E-state index in [1.165, 1.54) is 20.8 Å². The van der Waals surface area contributed by atoms with E-state index in [9.17, 15) is 19.5 Å². The number of aliphatic hydroxyl groups excluding tert-OH is 1. The van der Waals surface area contributed by atoms with Crippen LogP contribution in [0.3, 0.4) is 0 Å². The van der Waals surface area contributed by atoms with E-state index in [0.29, 0.717) is 6.61 Å². The summed E-state index contributed by atoms with van der Waals surface area (Å²) in [6.07, 6.45) is -1.76. The number of epoxide rings is 1. The second-order valence-corrected chi connectivity index (χ2v) is 9.03. The van der Waals surface area contributed by atoms with Gasteiger partial charge in [0.05, 0.1) is 24.2 Å². The quantitative estimate of drug-likeness (QED) is 0.300. The first-order chi connectivity index (χ1) is 14.0. The lowest BCUT2D eigenvalue weighted by Gasteiger charge is -2.58. The third kappa shape index (κ3) is 2.68. The van der Waals surface area contributed by atoms with Crippen molar-refractivity contribution in [1.29, 1.82) is 0 Å². The molecule has 9 heteroatoms. The number of hydrogen-bond donors (Lipinski definition) is 1. The lowest BCUT2D eigenvalue weighted by Crippen LogP contribution is -2.67. The van der Waals surface area contributed by atoms with Gasteiger partial charge >= 0.3 is 17.9 Å². The molecule has 0 amide bonds. The molecule has 30 heavy (non-hydrogen) atoms. The zero-order valence-corrected chi connectivity index (χ0v) is 17.8. The molecule has 0 aromatic rings. The normalized spacial score (nSPS) is 45.9. The number of hydrogen-bond acceptors (Lipinski definition) is 9. The molecular formula is C21H28O9. The first-order valence-electron chi connectivity index (χ1n) is 10.1. The van der Waals surface area contributed by atoms with Crippen LogP contribution in [0.15, 0.2) is 11.6 Å². The van der Waals surface area contributed by atoms with E-state index in [2.05, 4.69) is 0 Å². The number of esters is 3. The van der Waals surface area contributed by atoms with E-state index >= 15 is 0 Å². The number of carbonyl (C=O) groups excluding carboxylic acids is 3. The van der Waals surface area contributed by atoms with Gasteiger partial charge in [0.25, 0.3) is 0 Å². The highest BCUT2D eigenvalue weighted by atomic mass is 16.7. The van der Waals surface area contributed by atoms with E-state index in [0.717, 1.165) is 5.57 Å². The molecule has 2 bridgehead atoms. The van der Waals surface area contributed by atoms with Gasteiger partial charge < -0.3 is 28.8 Å². The van der Waals surface area contributed by atoms with Gasteiger partial charge in [-0.15, -0.1) is 0 Å². The molecule has 3 fully saturated rings. The number of aliphatic hydroxyl groups is 1. The molecule has 2 aliphatic carbocycles. The summed E-state index contributed by atoms with van der Waals surface area (Å²) in [7, 11) is 0. The van der Waals surface area contributed by atoms with Crippen LogP contribution in [0.5, 0.6) is 0 Å². The molecule has 2 aliphatic heterocycles. The minimum absolute atomic E-state index is 0.0628. The average molecular weight is 424 g/mol. The fourth-order valence-corrected chi connectivity index (χ4v) is 5.89. The fourth-order valence-electron chi connectivity index (χ4n) is 5.89. The summed E-state index contributed by atoms with van der Waals surface area (Å²) in [5.41, 5.74) is -2.06. The van der Waals surface area contributed by atoms with Crippen molar-refractivity contribution >= 4 is 17.9 Å². The molecule has 4 rings (SSSR count). The van der Waals surface area contributed by atoms with Crippen molar-refractivity contribution in [3.05, 3.63) is 11.6 Å².